The number of nitrogens with zero attached hydrogens (tertiary/aromatic N) is 2. The van der Waals surface area contributed by atoms with Crippen molar-refractivity contribution in [2.45, 2.75) is 19.4 Å². The second-order valence-corrected chi connectivity index (χ2v) is 4.35. The summed E-state index contributed by atoms with van der Waals surface area (Å²) in [5, 5.41) is 2.44. The van der Waals surface area contributed by atoms with Gasteiger partial charge in [0.15, 0.2) is 0 Å². The monoisotopic (exact) mass is 210 g/mol. The standard InChI is InChI=1S/C14H14N2/c1-2-4-13-9-16-14(7-12(13)3-1)10-15-8-11-5-6-11/h1-4,7-9,11H,5-6,10H2/b15-8+. The first-order valence-electron chi connectivity index (χ1n) is 5.75. The van der Waals surface area contributed by atoms with Crippen molar-refractivity contribution in [3.63, 3.8) is 0 Å². The van der Waals surface area contributed by atoms with Crippen LogP contribution in [-0.2, 0) is 6.54 Å². The van der Waals surface area contributed by atoms with Crippen LogP contribution in [-0.4, -0.2) is 11.2 Å². The summed E-state index contributed by atoms with van der Waals surface area (Å²) in [5.41, 5.74) is 1.05. The van der Waals surface area contributed by atoms with Crippen LogP contribution < -0.4 is 0 Å². The third-order valence-electron chi connectivity index (χ3n) is 2.88. The van der Waals surface area contributed by atoms with Gasteiger partial charge in [-0.3, -0.25) is 9.98 Å². The van der Waals surface area contributed by atoms with E-state index >= 15 is 0 Å². The molecule has 1 saturated carbocycles. The number of rotatable bonds is 3. The fourth-order valence-electron chi connectivity index (χ4n) is 1.76. The predicted octanol–water partition coefficient (Wildman–Crippen LogP) is 3.22. The Hall–Kier alpha value is -1.70. The molecule has 1 fully saturated rings. The molecule has 2 nitrogen and oxygen atoms in total. The molecule has 2 heteroatoms. The molecule has 0 radical (unpaired) electrons. The van der Waals surface area contributed by atoms with Gasteiger partial charge in [0.25, 0.3) is 0 Å². The van der Waals surface area contributed by atoms with Gasteiger partial charge < -0.3 is 0 Å². The molecular formula is C14H14N2. The summed E-state index contributed by atoms with van der Waals surface area (Å²) in [5.74, 6) is 0.750. The summed E-state index contributed by atoms with van der Waals surface area (Å²) in [6.45, 7) is 0.710. The lowest BCUT2D eigenvalue weighted by molar-refractivity contribution is 0.990. The second kappa shape index (κ2) is 4.05. The maximum atomic E-state index is 4.42. The minimum Gasteiger partial charge on any atom is -0.291 e. The van der Waals surface area contributed by atoms with Gasteiger partial charge in [-0.25, -0.2) is 0 Å². The average Bonchev–Trinajstić information content (AvgIpc) is 3.13. The average molecular weight is 210 g/mol. The van der Waals surface area contributed by atoms with Crippen LogP contribution in [0.2, 0.25) is 0 Å². The molecule has 0 saturated heterocycles. The van der Waals surface area contributed by atoms with Crippen molar-refractivity contribution in [2.75, 3.05) is 0 Å². The van der Waals surface area contributed by atoms with Gasteiger partial charge >= 0.3 is 0 Å². The maximum Gasteiger partial charge on any atom is 0.0808 e. The lowest BCUT2D eigenvalue weighted by atomic mass is 10.1. The number of fused-ring (bicyclic) bond motifs is 1. The number of hydrogen-bond donors (Lipinski definition) is 0. The number of aliphatic imine (C=N–C) groups is 1. The first-order valence-corrected chi connectivity index (χ1v) is 5.75. The quantitative estimate of drug-likeness (QED) is 0.714. The first-order chi connectivity index (χ1) is 7.92. The van der Waals surface area contributed by atoms with Gasteiger partial charge in [0.2, 0.25) is 0 Å². The molecule has 3 rings (SSSR count). The summed E-state index contributed by atoms with van der Waals surface area (Å²) in [7, 11) is 0. The zero-order chi connectivity index (χ0) is 10.8. The lowest BCUT2D eigenvalue weighted by Gasteiger charge is -1.99. The highest BCUT2D eigenvalue weighted by atomic mass is 14.8. The first kappa shape index (κ1) is 9.52. The smallest absolute Gasteiger partial charge is 0.0808 e. The molecule has 0 bridgehead atoms. The van der Waals surface area contributed by atoms with Gasteiger partial charge in [-0.05, 0) is 30.2 Å². The highest BCUT2D eigenvalue weighted by Gasteiger charge is 2.17. The van der Waals surface area contributed by atoms with Crippen LogP contribution in [0.25, 0.3) is 10.8 Å². The van der Waals surface area contributed by atoms with E-state index in [1.807, 2.05) is 12.3 Å². The minimum atomic E-state index is 0.710. The topological polar surface area (TPSA) is 25.2 Å². The molecule has 0 atom stereocenters. The zero-order valence-electron chi connectivity index (χ0n) is 9.13. The molecule has 0 N–H and O–H groups in total. The molecule has 80 valence electrons. The van der Waals surface area contributed by atoms with Crippen molar-refractivity contribution in [2.24, 2.45) is 10.9 Å². The van der Waals surface area contributed by atoms with E-state index in [-0.39, 0.29) is 0 Å². The molecule has 0 amide bonds. The Morgan fingerprint density at radius 2 is 2.06 bits per heavy atom. The summed E-state index contributed by atoms with van der Waals surface area (Å²) in [4.78, 5) is 8.83. The molecule has 0 aliphatic heterocycles. The molecule has 2 aromatic rings. The van der Waals surface area contributed by atoms with Crippen LogP contribution in [0, 0.1) is 5.92 Å². The Balaban J connectivity index is 1.81. The Bertz CT molecular complexity index is 527. The molecule has 0 spiro atoms. The molecule has 16 heavy (non-hydrogen) atoms. The van der Waals surface area contributed by atoms with Gasteiger partial charge in [0.05, 0.1) is 12.2 Å². The maximum absolute atomic E-state index is 4.42. The SMILES string of the molecule is C(=N\Cc1cc2ccccc2cn1)/C1CC1. The van der Waals surface area contributed by atoms with Crippen molar-refractivity contribution in [1.29, 1.82) is 0 Å². The molecule has 1 aromatic carbocycles. The van der Waals surface area contributed by atoms with Crippen LogP contribution in [0.1, 0.15) is 18.5 Å². The van der Waals surface area contributed by atoms with E-state index in [0.29, 0.717) is 6.54 Å². The molecule has 1 aromatic heterocycles. The summed E-state index contributed by atoms with van der Waals surface area (Å²) in [6.07, 6.45) is 6.64. The number of aromatic nitrogens is 1. The van der Waals surface area contributed by atoms with Crippen molar-refractivity contribution in [1.82, 2.24) is 4.98 Å². The summed E-state index contributed by atoms with van der Waals surface area (Å²) >= 11 is 0. The molecule has 0 unspecified atom stereocenters. The van der Waals surface area contributed by atoms with E-state index in [2.05, 4.69) is 40.5 Å². The number of benzene rings is 1. The van der Waals surface area contributed by atoms with E-state index in [0.717, 1.165) is 11.6 Å². The van der Waals surface area contributed by atoms with Gasteiger partial charge in [0.1, 0.15) is 0 Å². The van der Waals surface area contributed by atoms with E-state index in [1.165, 1.54) is 23.6 Å². The van der Waals surface area contributed by atoms with Gasteiger partial charge in [0, 0.05) is 17.8 Å². The highest BCUT2D eigenvalue weighted by molar-refractivity contribution is 5.81. The lowest BCUT2D eigenvalue weighted by Crippen LogP contribution is -1.88. The summed E-state index contributed by atoms with van der Waals surface area (Å²) < 4.78 is 0. The molecule has 1 aliphatic rings. The molecular weight excluding hydrogens is 196 g/mol. The molecule has 1 heterocycles. The van der Waals surface area contributed by atoms with Crippen LogP contribution in [0.4, 0.5) is 0 Å². The zero-order valence-corrected chi connectivity index (χ0v) is 9.13. The largest absolute Gasteiger partial charge is 0.291 e. The molecule has 1 aliphatic carbocycles. The van der Waals surface area contributed by atoms with Crippen LogP contribution in [0.15, 0.2) is 41.5 Å². The van der Waals surface area contributed by atoms with Crippen molar-refractivity contribution >= 4 is 17.0 Å². The number of hydrogen-bond acceptors (Lipinski definition) is 2. The predicted molar refractivity (Wildman–Crippen MR) is 66.7 cm³/mol. The Kier molecular flexibility index (Phi) is 2.41. The third kappa shape index (κ3) is 2.11. The van der Waals surface area contributed by atoms with E-state index in [1.54, 1.807) is 0 Å². The van der Waals surface area contributed by atoms with Gasteiger partial charge in [-0.2, -0.15) is 0 Å². The Labute approximate surface area is 95.0 Å². The second-order valence-electron chi connectivity index (χ2n) is 4.35. The van der Waals surface area contributed by atoms with Crippen molar-refractivity contribution in [3.8, 4) is 0 Å². The van der Waals surface area contributed by atoms with Crippen LogP contribution in [0.5, 0.6) is 0 Å². The Morgan fingerprint density at radius 1 is 1.25 bits per heavy atom. The van der Waals surface area contributed by atoms with Crippen molar-refractivity contribution in [3.05, 3.63) is 42.2 Å². The van der Waals surface area contributed by atoms with E-state index < -0.39 is 0 Å². The van der Waals surface area contributed by atoms with Gasteiger partial charge in [-0.1, -0.05) is 24.3 Å². The van der Waals surface area contributed by atoms with Crippen LogP contribution in [0.3, 0.4) is 0 Å². The highest BCUT2D eigenvalue weighted by Crippen LogP contribution is 2.26. The number of pyridine rings is 1. The van der Waals surface area contributed by atoms with Crippen LogP contribution >= 0.6 is 0 Å². The normalized spacial score (nSPS) is 16.0. The van der Waals surface area contributed by atoms with E-state index in [4.69, 9.17) is 0 Å². The fourth-order valence-corrected chi connectivity index (χ4v) is 1.76. The van der Waals surface area contributed by atoms with E-state index in [9.17, 15) is 0 Å². The summed E-state index contributed by atoms with van der Waals surface area (Å²) in [6, 6.07) is 10.4. The Morgan fingerprint density at radius 3 is 2.88 bits per heavy atom. The fraction of sp³-hybridized carbons (Fsp3) is 0.286. The minimum absolute atomic E-state index is 0.710. The third-order valence-corrected chi connectivity index (χ3v) is 2.88. The van der Waals surface area contributed by atoms with Gasteiger partial charge in [-0.15, -0.1) is 0 Å². The van der Waals surface area contributed by atoms with Crippen molar-refractivity contribution < 1.29 is 0 Å².